The van der Waals surface area contributed by atoms with Crippen molar-refractivity contribution in [2.45, 2.75) is 45.6 Å². The van der Waals surface area contributed by atoms with E-state index in [0.717, 1.165) is 36.8 Å². The van der Waals surface area contributed by atoms with E-state index in [1.807, 2.05) is 24.3 Å². The lowest BCUT2D eigenvalue weighted by atomic mass is 9.98. The third-order valence-corrected chi connectivity index (χ3v) is 4.59. The molecule has 0 bridgehead atoms. The van der Waals surface area contributed by atoms with Crippen molar-refractivity contribution in [3.8, 4) is 5.75 Å². The van der Waals surface area contributed by atoms with Crippen LogP contribution in [0.15, 0.2) is 24.3 Å². The number of nitrogens with two attached hydrogens (primary N) is 1. The van der Waals surface area contributed by atoms with Gasteiger partial charge in [-0.25, -0.2) is 0 Å². The van der Waals surface area contributed by atoms with Gasteiger partial charge in [-0.05, 0) is 50.8 Å². The molecule has 0 radical (unpaired) electrons. The van der Waals surface area contributed by atoms with Gasteiger partial charge in [0.15, 0.2) is 0 Å². The summed E-state index contributed by atoms with van der Waals surface area (Å²) in [4.78, 5) is 2.61. The Labute approximate surface area is 129 Å². The number of hydrogen-bond donors (Lipinski definition) is 1. The molecule has 1 aromatic rings. The summed E-state index contributed by atoms with van der Waals surface area (Å²) >= 11 is 0. The van der Waals surface area contributed by atoms with Crippen LogP contribution >= 0.6 is 0 Å². The molecule has 0 spiro atoms. The number of hydrogen-bond acceptors (Lipinski definition) is 3. The molecular weight excluding hydrogens is 260 g/mol. The third-order valence-electron chi connectivity index (χ3n) is 4.59. The molecule has 118 valence electrons. The van der Waals surface area contributed by atoms with E-state index >= 15 is 0 Å². The smallest absolute Gasteiger partial charge is 0.123 e. The molecule has 1 heterocycles. The Balaban J connectivity index is 1.67. The van der Waals surface area contributed by atoms with Crippen molar-refractivity contribution in [2.24, 2.45) is 11.7 Å². The lowest BCUT2D eigenvalue weighted by Crippen LogP contribution is -2.27. The van der Waals surface area contributed by atoms with Crippen LogP contribution in [0.5, 0.6) is 5.75 Å². The zero-order chi connectivity index (χ0) is 14.9. The van der Waals surface area contributed by atoms with Gasteiger partial charge in [-0.2, -0.15) is 0 Å². The fourth-order valence-electron chi connectivity index (χ4n) is 3.14. The molecule has 1 aliphatic heterocycles. The van der Waals surface area contributed by atoms with E-state index in [-0.39, 0.29) is 0 Å². The number of nitrogens with zero attached hydrogens (tertiary/aromatic N) is 1. The maximum atomic E-state index is 5.89. The van der Waals surface area contributed by atoms with Gasteiger partial charge in [0.1, 0.15) is 5.75 Å². The van der Waals surface area contributed by atoms with Crippen LogP contribution in [0.3, 0.4) is 0 Å². The highest BCUT2D eigenvalue weighted by atomic mass is 16.5. The average molecular weight is 290 g/mol. The predicted molar refractivity (Wildman–Crippen MR) is 88.5 cm³/mol. The molecule has 1 aromatic carbocycles. The van der Waals surface area contributed by atoms with Crippen molar-refractivity contribution in [1.29, 1.82) is 0 Å². The highest BCUT2D eigenvalue weighted by molar-refractivity contribution is 5.32. The lowest BCUT2D eigenvalue weighted by Gasteiger charge is -2.20. The zero-order valence-electron chi connectivity index (χ0n) is 13.4. The molecule has 1 unspecified atom stereocenters. The van der Waals surface area contributed by atoms with Crippen molar-refractivity contribution in [1.82, 2.24) is 4.90 Å². The molecule has 1 aliphatic rings. The number of rotatable bonds is 7. The summed E-state index contributed by atoms with van der Waals surface area (Å²) in [5.41, 5.74) is 6.82. The van der Waals surface area contributed by atoms with Gasteiger partial charge in [0.25, 0.3) is 0 Å². The van der Waals surface area contributed by atoms with Gasteiger partial charge in [-0.3, -0.25) is 0 Å². The molecule has 21 heavy (non-hydrogen) atoms. The van der Waals surface area contributed by atoms with Crippen LogP contribution in [0.1, 0.15) is 44.6 Å². The first-order chi connectivity index (χ1) is 10.3. The summed E-state index contributed by atoms with van der Waals surface area (Å²) in [7, 11) is 0. The Morgan fingerprint density at radius 2 is 2.10 bits per heavy atom. The van der Waals surface area contributed by atoms with Crippen molar-refractivity contribution >= 4 is 0 Å². The van der Waals surface area contributed by atoms with Crippen LogP contribution in [0.4, 0.5) is 0 Å². The van der Waals surface area contributed by atoms with Crippen LogP contribution in [-0.4, -0.2) is 31.1 Å². The van der Waals surface area contributed by atoms with Gasteiger partial charge in [0.2, 0.25) is 0 Å². The normalized spacial score (nSPS) is 20.2. The monoisotopic (exact) mass is 290 g/mol. The van der Waals surface area contributed by atoms with Crippen LogP contribution in [0.25, 0.3) is 0 Å². The number of para-hydroxylation sites is 1. The van der Waals surface area contributed by atoms with Crippen molar-refractivity contribution < 1.29 is 4.74 Å². The van der Waals surface area contributed by atoms with E-state index in [9.17, 15) is 0 Å². The van der Waals surface area contributed by atoms with Gasteiger partial charge in [0, 0.05) is 18.7 Å². The molecule has 0 saturated carbocycles. The molecule has 1 fully saturated rings. The minimum Gasteiger partial charge on any atom is -0.493 e. The highest BCUT2D eigenvalue weighted by Crippen LogP contribution is 2.20. The van der Waals surface area contributed by atoms with Gasteiger partial charge < -0.3 is 15.4 Å². The molecular formula is C18H30N2O. The van der Waals surface area contributed by atoms with Crippen molar-refractivity contribution in [3.05, 3.63) is 29.8 Å². The maximum absolute atomic E-state index is 5.89. The second-order valence-electron chi connectivity index (χ2n) is 6.06. The predicted octanol–water partition coefficient (Wildman–Crippen LogP) is 3.43. The van der Waals surface area contributed by atoms with Crippen molar-refractivity contribution in [2.75, 3.05) is 26.2 Å². The summed E-state index contributed by atoms with van der Waals surface area (Å²) < 4.78 is 5.89. The van der Waals surface area contributed by atoms with E-state index in [1.165, 1.54) is 38.8 Å². The van der Waals surface area contributed by atoms with E-state index in [0.29, 0.717) is 6.54 Å². The number of ether oxygens (including phenoxy) is 1. The topological polar surface area (TPSA) is 38.5 Å². The Morgan fingerprint density at radius 3 is 2.90 bits per heavy atom. The minimum atomic E-state index is 0.542. The van der Waals surface area contributed by atoms with Crippen LogP contribution in [0, 0.1) is 5.92 Å². The van der Waals surface area contributed by atoms with Crippen LogP contribution in [-0.2, 0) is 6.54 Å². The Bertz CT molecular complexity index is 408. The minimum absolute atomic E-state index is 0.542. The highest BCUT2D eigenvalue weighted by Gasteiger charge is 2.15. The van der Waals surface area contributed by atoms with Crippen molar-refractivity contribution in [3.63, 3.8) is 0 Å². The molecule has 3 nitrogen and oxygen atoms in total. The first-order valence-electron chi connectivity index (χ1n) is 8.46. The summed E-state index contributed by atoms with van der Waals surface area (Å²) in [5.74, 6) is 1.89. The molecule has 0 amide bonds. The lowest BCUT2D eigenvalue weighted by molar-refractivity contribution is 0.237. The second kappa shape index (κ2) is 9.06. The standard InChI is InChI=1S/C18H30N2O/c1-2-16-7-5-11-20(13-10-16)12-6-14-21-18-9-4-3-8-17(18)15-19/h3-4,8-9,16H,2,5-7,10-15,19H2,1H3. The molecule has 0 aliphatic carbocycles. The van der Waals surface area contributed by atoms with E-state index in [2.05, 4.69) is 11.8 Å². The number of likely N-dealkylation sites (tertiary alicyclic amines) is 1. The van der Waals surface area contributed by atoms with E-state index in [4.69, 9.17) is 10.5 Å². The summed E-state index contributed by atoms with van der Waals surface area (Å²) in [5, 5.41) is 0. The molecule has 1 saturated heterocycles. The molecule has 2 N–H and O–H groups in total. The second-order valence-corrected chi connectivity index (χ2v) is 6.06. The number of benzene rings is 1. The zero-order valence-corrected chi connectivity index (χ0v) is 13.4. The maximum Gasteiger partial charge on any atom is 0.123 e. The Kier molecular flexibility index (Phi) is 7.04. The SMILES string of the molecule is CCC1CCCN(CCCOc2ccccc2CN)CC1. The fraction of sp³-hybridized carbons (Fsp3) is 0.667. The van der Waals surface area contributed by atoms with E-state index in [1.54, 1.807) is 0 Å². The molecule has 2 rings (SSSR count). The third kappa shape index (κ3) is 5.33. The molecule has 0 aromatic heterocycles. The summed E-state index contributed by atoms with van der Waals surface area (Å²) in [6.45, 7) is 7.32. The summed E-state index contributed by atoms with van der Waals surface area (Å²) in [6.07, 6.45) is 6.57. The van der Waals surface area contributed by atoms with Gasteiger partial charge in [-0.15, -0.1) is 0 Å². The van der Waals surface area contributed by atoms with Gasteiger partial charge in [-0.1, -0.05) is 31.5 Å². The molecule has 1 atom stereocenters. The largest absolute Gasteiger partial charge is 0.493 e. The Morgan fingerprint density at radius 1 is 1.24 bits per heavy atom. The van der Waals surface area contributed by atoms with E-state index < -0.39 is 0 Å². The molecule has 3 heteroatoms. The first-order valence-corrected chi connectivity index (χ1v) is 8.46. The fourth-order valence-corrected chi connectivity index (χ4v) is 3.14. The summed E-state index contributed by atoms with van der Waals surface area (Å²) in [6, 6.07) is 8.07. The van der Waals surface area contributed by atoms with Crippen LogP contribution < -0.4 is 10.5 Å². The average Bonchev–Trinajstić information content (AvgIpc) is 2.77. The Hall–Kier alpha value is -1.06. The van der Waals surface area contributed by atoms with Crippen LogP contribution in [0.2, 0.25) is 0 Å². The van der Waals surface area contributed by atoms with Gasteiger partial charge >= 0.3 is 0 Å². The quantitative estimate of drug-likeness (QED) is 0.782. The first kappa shape index (κ1) is 16.3. The van der Waals surface area contributed by atoms with Gasteiger partial charge in [0.05, 0.1) is 6.61 Å².